The summed E-state index contributed by atoms with van der Waals surface area (Å²) in [6.45, 7) is 3.36. The van der Waals surface area contributed by atoms with Crippen LogP contribution in [0.5, 0.6) is 17.2 Å². The summed E-state index contributed by atoms with van der Waals surface area (Å²) < 4.78 is 37.3. The number of hydrazone groups is 1. The minimum absolute atomic E-state index is 0.178. The van der Waals surface area contributed by atoms with E-state index in [1.165, 1.54) is 25.5 Å². The van der Waals surface area contributed by atoms with Gasteiger partial charge in [-0.1, -0.05) is 18.2 Å². The number of rotatable bonds is 12. The molecule has 3 aromatic carbocycles. The third-order valence-electron chi connectivity index (χ3n) is 6.34. The summed E-state index contributed by atoms with van der Waals surface area (Å²) in [4.78, 5) is 37.2. The Morgan fingerprint density at radius 1 is 1.07 bits per heavy atom. The second kappa shape index (κ2) is 15.9. The molecule has 1 aliphatic rings. The quantitative estimate of drug-likeness (QED) is 0.0970. The van der Waals surface area contributed by atoms with Crippen LogP contribution >= 0.6 is 45.2 Å². The Hall–Kier alpha value is -3.93. The van der Waals surface area contributed by atoms with Crippen molar-refractivity contribution in [2.24, 2.45) is 5.10 Å². The fourth-order valence-electron chi connectivity index (χ4n) is 4.33. The number of carbonyl (C=O) groups is 3. The standard InChI is InChI=1S/C31H29FI2N4O7/c1-4-43-30(40)27-17(2)36-31(41)37-28(27)20-8-9-24(25(13-20)42-3)44-16-26(39)38-35-14-19-11-22(33)29(23(34)12-19)45-15-18-6-5-7-21(32)10-18/h5-14,28H,4,15-16H2,1-3H3,(H,38,39)(H2,36,37,41)/b35-14-/t28-/m0/s1. The lowest BCUT2D eigenvalue weighted by Crippen LogP contribution is -2.45. The van der Waals surface area contributed by atoms with Crippen molar-refractivity contribution >= 4 is 69.3 Å². The van der Waals surface area contributed by atoms with Gasteiger partial charge in [-0.25, -0.2) is 19.4 Å². The maximum absolute atomic E-state index is 13.5. The highest BCUT2D eigenvalue weighted by Crippen LogP contribution is 2.35. The molecule has 0 saturated carbocycles. The largest absolute Gasteiger partial charge is 0.493 e. The number of methoxy groups -OCH3 is 1. The average molecular weight is 842 g/mol. The summed E-state index contributed by atoms with van der Waals surface area (Å²) in [5, 5.41) is 9.34. The minimum Gasteiger partial charge on any atom is -0.493 e. The van der Waals surface area contributed by atoms with Crippen LogP contribution in [0.15, 0.2) is 71.0 Å². The van der Waals surface area contributed by atoms with Crippen LogP contribution in [0.25, 0.3) is 0 Å². The Morgan fingerprint density at radius 3 is 2.51 bits per heavy atom. The van der Waals surface area contributed by atoms with Crippen molar-refractivity contribution in [3.8, 4) is 17.2 Å². The molecule has 45 heavy (non-hydrogen) atoms. The molecule has 1 aliphatic heterocycles. The SMILES string of the molecule is CCOC(=O)C1=C(C)NC(=O)N[C@H]1c1ccc(OCC(=O)N/N=C\c2cc(I)c(OCc3cccc(F)c3)c(I)c2)c(OC)c1. The maximum Gasteiger partial charge on any atom is 0.338 e. The van der Waals surface area contributed by atoms with Gasteiger partial charge in [0.05, 0.1) is 38.7 Å². The topological polar surface area (TPSA) is 137 Å². The van der Waals surface area contributed by atoms with E-state index in [-0.39, 0.29) is 37.0 Å². The molecule has 3 N–H and O–H groups in total. The zero-order chi connectivity index (χ0) is 32.5. The van der Waals surface area contributed by atoms with Gasteiger partial charge in [0.1, 0.15) is 18.2 Å². The van der Waals surface area contributed by atoms with Gasteiger partial charge in [-0.15, -0.1) is 0 Å². The van der Waals surface area contributed by atoms with Crippen LogP contribution in [0.2, 0.25) is 0 Å². The molecule has 4 rings (SSSR count). The maximum atomic E-state index is 13.5. The number of allylic oxidation sites excluding steroid dienone is 1. The molecule has 11 nitrogen and oxygen atoms in total. The number of nitrogens with one attached hydrogen (secondary N) is 3. The van der Waals surface area contributed by atoms with Gasteiger partial charge in [0.25, 0.3) is 5.91 Å². The van der Waals surface area contributed by atoms with Crippen LogP contribution < -0.4 is 30.3 Å². The summed E-state index contributed by atoms with van der Waals surface area (Å²) in [5.41, 5.74) is 5.08. The number of ether oxygens (including phenoxy) is 4. The molecular formula is C31H29FI2N4O7. The lowest BCUT2D eigenvalue weighted by molar-refractivity contribution is -0.139. The van der Waals surface area contributed by atoms with Crippen molar-refractivity contribution in [1.29, 1.82) is 0 Å². The zero-order valence-electron chi connectivity index (χ0n) is 24.4. The van der Waals surface area contributed by atoms with Crippen molar-refractivity contribution in [2.75, 3.05) is 20.3 Å². The Balaban J connectivity index is 1.36. The van der Waals surface area contributed by atoms with E-state index in [1.807, 2.05) is 12.1 Å². The number of halogens is 3. The number of carbonyl (C=O) groups excluding carboxylic acids is 3. The van der Waals surface area contributed by atoms with E-state index < -0.39 is 23.9 Å². The Labute approximate surface area is 286 Å². The molecule has 1 heterocycles. The number of benzene rings is 3. The number of urea groups is 1. The smallest absolute Gasteiger partial charge is 0.338 e. The third-order valence-corrected chi connectivity index (χ3v) is 7.94. The Kier molecular flexibility index (Phi) is 12.0. The third kappa shape index (κ3) is 9.06. The van der Waals surface area contributed by atoms with E-state index in [9.17, 15) is 18.8 Å². The van der Waals surface area contributed by atoms with Crippen LogP contribution in [-0.4, -0.2) is 44.4 Å². The predicted octanol–water partition coefficient (Wildman–Crippen LogP) is 5.34. The molecular weight excluding hydrogens is 813 g/mol. The fourth-order valence-corrected chi connectivity index (χ4v) is 6.46. The molecule has 0 aliphatic carbocycles. The first-order valence-electron chi connectivity index (χ1n) is 13.5. The lowest BCUT2D eigenvalue weighted by Gasteiger charge is -2.28. The van der Waals surface area contributed by atoms with E-state index >= 15 is 0 Å². The van der Waals surface area contributed by atoms with Crippen LogP contribution in [-0.2, 0) is 20.9 Å². The summed E-state index contributed by atoms with van der Waals surface area (Å²) in [6.07, 6.45) is 1.50. The summed E-state index contributed by atoms with van der Waals surface area (Å²) in [7, 11) is 1.44. The van der Waals surface area contributed by atoms with Gasteiger partial charge in [0, 0.05) is 5.70 Å². The minimum atomic E-state index is -0.779. The molecule has 3 amide bonds. The first kappa shape index (κ1) is 34.0. The number of amides is 3. The second-order valence-corrected chi connectivity index (χ2v) is 11.8. The van der Waals surface area contributed by atoms with Gasteiger partial charge >= 0.3 is 12.0 Å². The Bertz CT molecular complexity index is 1640. The first-order chi connectivity index (χ1) is 21.6. The molecule has 0 saturated heterocycles. The predicted molar refractivity (Wildman–Crippen MR) is 181 cm³/mol. The summed E-state index contributed by atoms with van der Waals surface area (Å²) in [5.74, 6) is -0.151. The number of hydrogen-bond donors (Lipinski definition) is 3. The van der Waals surface area contributed by atoms with Crippen molar-refractivity contribution < 1.29 is 37.7 Å². The summed E-state index contributed by atoms with van der Waals surface area (Å²) >= 11 is 4.29. The van der Waals surface area contributed by atoms with Crippen LogP contribution in [0.1, 0.15) is 36.6 Å². The fraction of sp³-hybridized carbons (Fsp3) is 0.226. The Morgan fingerprint density at radius 2 is 1.82 bits per heavy atom. The van der Waals surface area contributed by atoms with E-state index in [2.05, 4.69) is 66.3 Å². The molecule has 0 bridgehead atoms. The second-order valence-electron chi connectivity index (χ2n) is 9.52. The molecule has 0 unspecified atom stereocenters. The monoisotopic (exact) mass is 842 g/mol. The van der Waals surface area contributed by atoms with E-state index in [1.54, 1.807) is 44.2 Å². The average Bonchev–Trinajstić information content (AvgIpc) is 2.99. The highest BCUT2D eigenvalue weighted by atomic mass is 127. The van der Waals surface area contributed by atoms with Gasteiger partial charge in [-0.05, 0) is 112 Å². The van der Waals surface area contributed by atoms with Gasteiger partial charge in [0.15, 0.2) is 18.1 Å². The molecule has 3 aromatic rings. The van der Waals surface area contributed by atoms with Crippen molar-refractivity contribution in [2.45, 2.75) is 26.5 Å². The van der Waals surface area contributed by atoms with E-state index in [0.29, 0.717) is 22.8 Å². The molecule has 0 spiro atoms. The molecule has 236 valence electrons. The zero-order valence-corrected chi connectivity index (χ0v) is 28.7. The number of esters is 1. The molecule has 0 fully saturated rings. The molecule has 1 atom stereocenters. The highest BCUT2D eigenvalue weighted by Gasteiger charge is 2.32. The normalized spacial score (nSPS) is 14.4. The lowest BCUT2D eigenvalue weighted by atomic mass is 9.95. The number of nitrogens with zero attached hydrogens (tertiary/aromatic N) is 1. The highest BCUT2D eigenvalue weighted by molar-refractivity contribution is 14.1. The number of hydrogen-bond acceptors (Lipinski definition) is 8. The van der Waals surface area contributed by atoms with Crippen LogP contribution in [0, 0.1) is 13.0 Å². The molecule has 0 radical (unpaired) electrons. The van der Waals surface area contributed by atoms with E-state index in [4.69, 9.17) is 18.9 Å². The molecule has 0 aromatic heterocycles. The van der Waals surface area contributed by atoms with Crippen molar-refractivity contribution in [1.82, 2.24) is 16.1 Å². The van der Waals surface area contributed by atoms with Crippen molar-refractivity contribution in [3.63, 3.8) is 0 Å². The van der Waals surface area contributed by atoms with Gasteiger partial charge in [-0.2, -0.15) is 5.10 Å². The van der Waals surface area contributed by atoms with Crippen LogP contribution in [0.3, 0.4) is 0 Å². The first-order valence-corrected chi connectivity index (χ1v) is 15.7. The molecule has 14 heteroatoms. The van der Waals surface area contributed by atoms with Crippen LogP contribution in [0.4, 0.5) is 9.18 Å². The van der Waals surface area contributed by atoms with Gasteiger partial charge in [-0.3, -0.25) is 4.79 Å². The van der Waals surface area contributed by atoms with E-state index in [0.717, 1.165) is 18.3 Å². The summed E-state index contributed by atoms with van der Waals surface area (Å²) in [6, 6.07) is 13.5. The van der Waals surface area contributed by atoms with Gasteiger partial charge < -0.3 is 29.6 Å². The van der Waals surface area contributed by atoms with Crippen molar-refractivity contribution in [3.05, 3.63) is 95.5 Å². The van der Waals surface area contributed by atoms with Gasteiger partial charge in [0.2, 0.25) is 0 Å².